The predicted octanol–water partition coefficient (Wildman–Crippen LogP) is 1.13. The smallest absolute Gasteiger partial charge is 0.267 e. The molecule has 0 spiro atoms. The molecule has 7 nitrogen and oxygen atoms in total. The van der Waals surface area contributed by atoms with E-state index >= 15 is 0 Å². The lowest BCUT2D eigenvalue weighted by molar-refractivity contribution is -0.121. The Morgan fingerprint density at radius 2 is 2.17 bits per heavy atom. The predicted molar refractivity (Wildman–Crippen MR) is 87.6 cm³/mol. The summed E-state index contributed by atoms with van der Waals surface area (Å²) in [7, 11) is 0. The fourth-order valence-electron chi connectivity index (χ4n) is 2.59. The molecule has 0 radical (unpaired) electrons. The lowest BCUT2D eigenvalue weighted by Gasteiger charge is -2.13. The lowest BCUT2D eigenvalue weighted by Crippen LogP contribution is -2.36. The van der Waals surface area contributed by atoms with Gasteiger partial charge in [0.1, 0.15) is 18.1 Å². The second kappa shape index (κ2) is 7.92. The van der Waals surface area contributed by atoms with Crippen molar-refractivity contribution in [2.75, 3.05) is 13.2 Å². The van der Waals surface area contributed by atoms with Crippen LogP contribution in [0.4, 0.5) is 0 Å². The quantitative estimate of drug-likeness (QED) is 0.818. The summed E-state index contributed by atoms with van der Waals surface area (Å²) in [6, 6.07) is 7.59. The molecule has 2 heterocycles. The highest BCUT2D eigenvalue weighted by atomic mass is 16.5. The van der Waals surface area contributed by atoms with Gasteiger partial charge in [0.2, 0.25) is 5.91 Å². The molecular weight excluding hydrogens is 310 g/mol. The zero-order valence-corrected chi connectivity index (χ0v) is 13.4. The minimum absolute atomic E-state index is 0.162. The lowest BCUT2D eigenvalue weighted by atomic mass is 10.1. The van der Waals surface area contributed by atoms with E-state index < -0.39 is 0 Å². The summed E-state index contributed by atoms with van der Waals surface area (Å²) < 4.78 is 11.2. The van der Waals surface area contributed by atoms with Crippen molar-refractivity contribution in [2.24, 2.45) is 5.10 Å². The van der Waals surface area contributed by atoms with Gasteiger partial charge in [0.25, 0.3) is 5.91 Å². The second-order valence-electron chi connectivity index (χ2n) is 5.87. The monoisotopic (exact) mass is 331 g/mol. The number of hydrogen-bond acceptors (Lipinski definition) is 5. The highest BCUT2D eigenvalue weighted by Gasteiger charge is 2.18. The van der Waals surface area contributed by atoms with Crippen molar-refractivity contribution in [1.82, 2.24) is 10.7 Å². The van der Waals surface area contributed by atoms with E-state index in [1.165, 1.54) is 0 Å². The van der Waals surface area contributed by atoms with E-state index in [2.05, 4.69) is 15.8 Å². The van der Waals surface area contributed by atoms with E-state index in [1.807, 2.05) is 24.3 Å². The van der Waals surface area contributed by atoms with Crippen molar-refractivity contribution in [3.05, 3.63) is 29.8 Å². The van der Waals surface area contributed by atoms with Crippen LogP contribution in [0.15, 0.2) is 29.4 Å². The molecule has 2 aliphatic heterocycles. The number of nitrogens with zero attached hydrogens (tertiary/aromatic N) is 1. The summed E-state index contributed by atoms with van der Waals surface area (Å²) in [5.74, 6) is 0.374. The molecule has 0 aliphatic carbocycles. The third-order valence-electron chi connectivity index (χ3n) is 4.00. The highest BCUT2D eigenvalue weighted by molar-refractivity contribution is 6.39. The first-order valence-corrected chi connectivity index (χ1v) is 8.17. The van der Waals surface area contributed by atoms with Gasteiger partial charge in [0, 0.05) is 26.0 Å². The molecule has 1 aromatic carbocycles. The molecule has 1 unspecified atom stereocenters. The number of hydrogen-bond donors (Lipinski definition) is 2. The van der Waals surface area contributed by atoms with Gasteiger partial charge in [-0.15, -0.1) is 0 Å². The van der Waals surface area contributed by atoms with Gasteiger partial charge in [-0.25, -0.2) is 5.43 Å². The van der Waals surface area contributed by atoms with Gasteiger partial charge in [-0.3, -0.25) is 9.59 Å². The van der Waals surface area contributed by atoms with Gasteiger partial charge in [-0.05, 0) is 30.5 Å². The van der Waals surface area contributed by atoms with Crippen molar-refractivity contribution >= 4 is 17.5 Å². The molecule has 2 aliphatic rings. The largest absolute Gasteiger partial charge is 0.491 e. The number of carbonyl (C=O) groups excluding carboxylic acids is 2. The molecular formula is C17H21N3O4. The number of hydrazone groups is 1. The van der Waals surface area contributed by atoms with Crippen LogP contribution in [0, 0.1) is 0 Å². The number of nitrogens with one attached hydrogen (secondary N) is 2. The summed E-state index contributed by atoms with van der Waals surface area (Å²) in [6.07, 6.45) is 3.01. The first-order chi connectivity index (χ1) is 11.7. The Kier molecular flexibility index (Phi) is 5.43. The second-order valence-corrected chi connectivity index (χ2v) is 5.87. The fraction of sp³-hybridized carbons (Fsp3) is 0.471. The number of benzene rings is 1. The molecule has 2 amide bonds. The van der Waals surface area contributed by atoms with Crippen molar-refractivity contribution in [1.29, 1.82) is 0 Å². The summed E-state index contributed by atoms with van der Waals surface area (Å²) in [6.45, 7) is 1.79. The minimum Gasteiger partial charge on any atom is -0.491 e. The van der Waals surface area contributed by atoms with Gasteiger partial charge < -0.3 is 14.8 Å². The third-order valence-corrected chi connectivity index (χ3v) is 4.00. The zero-order valence-electron chi connectivity index (χ0n) is 13.4. The van der Waals surface area contributed by atoms with E-state index in [0.717, 1.165) is 30.8 Å². The van der Waals surface area contributed by atoms with Crippen LogP contribution in [-0.4, -0.2) is 36.8 Å². The molecule has 0 aromatic heterocycles. The molecule has 1 atom stereocenters. The van der Waals surface area contributed by atoms with Crippen molar-refractivity contribution in [3.8, 4) is 5.75 Å². The van der Waals surface area contributed by atoms with E-state index in [4.69, 9.17) is 9.47 Å². The van der Waals surface area contributed by atoms with Gasteiger partial charge in [0.15, 0.2) is 0 Å². The average Bonchev–Trinajstić information content (AvgIpc) is 3.13. The van der Waals surface area contributed by atoms with Crippen LogP contribution in [0.2, 0.25) is 0 Å². The van der Waals surface area contributed by atoms with E-state index in [1.54, 1.807) is 0 Å². The van der Waals surface area contributed by atoms with Gasteiger partial charge in [0.05, 0.1) is 6.10 Å². The number of carbonyl (C=O) groups is 2. The van der Waals surface area contributed by atoms with Gasteiger partial charge in [-0.1, -0.05) is 12.1 Å². The Balaban J connectivity index is 1.44. The molecule has 7 heteroatoms. The van der Waals surface area contributed by atoms with Crippen LogP contribution in [0.5, 0.6) is 5.75 Å². The number of rotatable bonds is 6. The maximum absolute atomic E-state index is 12.0. The van der Waals surface area contributed by atoms with Crippen LogP contribution in [0.3, 0.4) is 0 Å². The molecule has 24 heavy (non-hydrogen) atoms. The van der Waals surface area contributed by atoms with Crippen LogP contribution < -0.4 is 15.5 Å². The Hall–Kier alpha value is -2.41. The highest BCUT2D eigenvalue weighted by Crippen LogP contribution is 2.16. The molecule has 3 rings (SSSR count). The summed E-state index contributed by atoms with van der Waals surface area (Å²) >= 11 is 0. The van der Waals surface area contributed by atoms with E-state index in [9.17, 15) is 9.59 Å². The third kappa shape index (κ3) is 4.55. The molecule has 1 saturated heterocycles. The maximum Gasteiger partial charge on any atom is 0.267 e. The van der Waals surface area contributed by atoms with E-state index in [-0.39, 0.29) is 17.9 Å². The zero-order chi connectivity index (χ0) is 16.8. The minimum atomic E-state index is -0.256. The Morgan fingerprint density at radius 3 is 2.83 bits per heavy atom. The van der Waals surface area contributed by atoms with Crippen molar-refractivity contribution in [3.63, 3.8) is 0 Å². The Labute approximate surface area is 140 Å². The molecule has 1 fully saturated rings. The number of ether oxygens (including phenoxy) is 2. The van der Waals surface area contributed by atoms with Crippen molar-refractivity contribution in [2.45, 2.75) is 38.3 Å². The topological polar surface area (TPSA) is 89.0 Å². The fourth-order valence-corrected chi connectivity index (χ4v) is 2.59. The van der Waals surface area contributed by atoms with Crippen molar-refractivity contribution < 1.29 is 19.1 Å². The summed E-state index contributed by atoms with van der Waals surface area (Å²) in [5, 5.41) is 6.57. The van der Waals surface area contributed by atoms with Crippen LogP contribution >= 0.6 is 0 Å². The molecule has 2 N–H and O–H groups in total. The first-order valence-electron chi connectivity index (χ1n) is 8.17. The van der Waals surface area contributed by atoms with Crippen LogP contribution in [0.1, 0.15) is 31.2 Å². The Morgan fingerprint density at radius 1 is 1.33 bits per heavy atom. The van der Waals surface area contributed by atoms with Gasteiger partial charge in [-0.2, -0.15) is 5.10 Å². The Bertz CT molecular complexity index is 621. The van der Waals surface area contributed by atoms with Crippen LogP contribution in [0.25, 0.3) is 0 Å². The normalized spacial score (nSPS) is 20.2. The molecule has 128 valence electrons. The maximum atomic E-state index is 12.0. The standard InChI is InChI=1S/C17H21N3O4/c21-16-8-7-15(19-20-16)17(22)18-10-12-3-5-13(6-4-12)24-11-14-2-1-9-23-14/h3-6,14H,1-2,7-11H2,(H,18,22)(H,20,21). The summed E-state index contributed by atoms with van der Waals surface area (Å²) in [5.41, 5.74) is 3.64. The first kappa shape index (κ1) is 16.4. The van der Waals surface area contributed by atoms with Gasteiger partial charge >= 0.3 is 0 Å². The molecule has 1 aromatic rings. The SMILES string of the molecule is O=C1CCC(C(=O)NCc2ccc(OCC3CCCO3)cc2)=NN1. The molecule has 0 saturated carbocycles. The average molecular weight is 331 g/mol. The number of amides is 2. The van der Waals surface area contributed by atoms with Crippen LogP contribution in [-0.2, 0) is 20.9 Å². The summed E-state index contributed by atoms with van der Waals surface area (Å²) in [4.78, 5) is 23.0. The molecule has 0 bridgehead atoms. The van der Waals surface area contributed by atoms with E-state index in [0.29, 0.717) is 31.7 Å².